The number of fused-ring (bicyclic) bond motifs is 2. The Morgan fingerprint density at radius 3 is 2.84 bits per heavy atom. The van der Waals surface area contributed by atoms with Gasteiger partial charge in [0.2, 0.25) is 5.76 Å². The molecule has 2 aliphatic rings. The molecule has 19 heavy (non-hydrogen) atoms. The first-order chi connectivity index (χ1) is 9.13. The molecule has 1 saturated carbocycles. The van der Waals surface area contributed by atoms with Gasteiger partial charge in [-0.25, -0.2) is 9.59 Å². The lowest BCUT2D eigenvalue weighted by Crippen LogP contribution is -2.43. The van der Waals surface area contributed by atoms with E-state index in [9.17, 15) is 9.59 Å². The molecule has 2 bridgehead atoms. The Hall–Kier alpha value is -1.98. The topological polar surface area (TPSA) is 82.8 Å². The van der Waals surface area contributed by atoms with Crippen molar-refractivity contribution in [2.24, 2.45) is 5.92 Å². The molecule has 1 aromatic heterocycles. The first kappa shape index (κ1) is 12.1. The predicted octanol–water partition coefficient (Wildman–Crippen LogP) is 1.67. The van der Waals surface area contributed by atoms with Crippen molar-refractivity contribution in [1.82, 2.24) is 10.2 Å². The molecule has 0 radical (unpaired) electrons. The van der Waals surface area contributed by atoms with E-state index in [1.807, 2.05) is 4.90 Å². The third-order valence-corrected chi connectivity index (χ3v) is 3.96. The number of carboxylic acids is 1. The fraction of sp³-hybridized carbons (Fsp3) is 0.538. The van der Waals surface area contributed by atoms with Crippen molar-refractivity contribution < 1.29 is 19.1 Å². The summed E-state index contributed by atoms with van der Waals surface area (Å²) in [6.07, 6.45) is 3.45. The number of carboxylic acid groups (broad SMARTS) is 1. The average molecular weight is 264 g/mol. The number of likely N-dealkylation sites (tertiary alicyclic amines) is 1. The molecular formula is C13H16N2O4. The van der Waals surface area contributed by atoms with Gasteiger partial charge in [0, 0.05) is 12.6 Å². The van der Waals surface area contributed by atoms with Crippen molar-refractivity contribution in [2.75, 3.05) is 6.54 Å². The summed E-state index contributed by atoms with van der Waals surface area (Å²) in [7, 11) is 0. The molecular weight excluding hydrogens is 248 g/mol. The number of furan rings is 1. The molecule has 1 saturated heterocycles. The third-order valence-electron chi connectivity index (χ3n) is 3.96. The molecule has 2 heterocycles. The minimum atomic E-state index is -1.10. The van der Waals surface area contributed by atoms with Gasteiger partial charge in [0.25, 0.3) is 0 Å². The van der Waals surface area contributed by atoms with Gasteiger partial charge < -0.3 is 19.7 Å². The fourth-order valence-corrected chi connectivity index (χ4v) is 3.03. The molecule has 6 nitrogen and oxygen atoms in total. The lowest BCUT2D eigenvalue weighted by Gasteiger charge is -2.26. The van der Waals surface area contributed by atoms with Crippen molar-refractivity contribution in [3.8, 4) is 0 Å². The van der Waals surface area contributed by atoms with E-state index in [1.165, 1.54) is 12.5 Å². The number of carbonyl (C=O) groups excluding carboxylic acids is 1. The van der Waals surface area contributed by atoms with Crippen LogP contribution in [0, 0.1) is 5.92 Å². The molecule has 0 spiro atoms. The number of hydrogen-bond donors (Lipinski definition) is 2. The van der Waals surface area contributed by atoms with Crippen LogP contribution in [0.2, 0.25) is 0 Å². The van der Waals surface area contributed by atoms with E-state index in [0.717, 1.165) is 19.4 Å². The number of piperidine rings is 1. The van der Waals surface area contributed by atoms with Gasteiger partial charge in [-0.1, -0.05) is 0 Å². The third kappa shape index (κ3) is 2.30. The molecule has 1 aliphatic heterocycles. The summed E-state index contributed by atoms with van der Waals surface area (Å²) in [5.74, 6) is -0.0908. The molecule has 6 heteroatoms. The summed E-state index contributed by atoms with van der Waals surface area (Å²) < 4.78 is 5.09. The number of hydrogen-bond acceptors (Lipinski definition) is 3. The summed E-state index contributed by atoms with van der Waals surface area (Å²) >= 11 is 0. The predicted molar refractivity (Wildman–Crippen MR) is 65.7 cm³/mol. The van der Waals surface area contributed by atoms with E-state index in [-0.39, 0.29) is 18.3 Å². The van der Waals surface area contributed by atoms with Gasteiger partial charge >= 0.3 is 12.0 Å². The van der Waals surface area contributed by atoms with Crippen LogP contribution in [0.4, 0.5) is 4.79 Å². The molecule has 2 fully saturated rings. The Bertz CT molecular complexity index is 510. The molecule has 102 valence electrons. The quantitative estimate of drug-likeness (QED) is 0.870. The van der Waals surface area contributed by atoms with E-state index in [2.05, 4.69) is 5.32 Å². The second kappa shape index (κ2) is 4.60. The Labute approximate surface area is 110 Å². The Balaban J connectivity index is 1.54. The zero-order chi connectivity index (χ0) is 13.4. The fourth-order valence-electron chi connectivity index (χ4n) is 3.03. The number of urea groups is 1. The maximum atomic E-state index is 12.0. The Morgan fingerprint density at radius 1 is 1.42 bits per heavy atom. The smallest absolute Gasteiger partial charge is 0.371 e. The van der Waals surface area contributed by atoms with Gasteiger partial charge in [0.05, 0.1) is 6.54 Å². The van der Waals surface area contributed by atoms with Crippen molar-refractivity contribution >= 4 is 12.0 Å². The largest absolute Gasteiger partial charge is 0.475 e. The average Bonchev–Trinajstić information content (AvgIpc) is 3.11. The van der Waals surface area contributed by atoms with E-state index < -0.39 is 5.97 Å². The lowest BCUT2D eigenvalue weighted by molar-refractivity contribution is 0.0660. The van der Waals surface area contributed by atoms with Crippen LogP contribution in [0.1, 0.15) is 35.6 Å². The zero-order valence-corrected chi connectivity index (χ0v) is 10.5. The first-order valence-corrected chi connectivity index (χ1v) is 6.50. The molecule has 3 rings (SSSR count). The van der Waals surface area contributed by atoms with Crippen LogP contribution < -0.4 is 5.32 Å². The van der Waals surface area contributed by atoms with Crippen LogP contribution in [0.25, 0.3) is 0 Å². The number of nitrogens with one attached hydrogen (secondary N) is 1. The van der Waals surface area contributed by atoms with Crippen LogP contribution >= 0.6 is 0 Å². The Kier molecular flexibility index (Phi) is 2.93. The zero-order valence-electron chi connectivity index (χ0n) is 10.5. The van der Waals surface area contributed by atoms with Crippen LogP contribution in [0.15, 0.2) is 16.5 Å². The summed E-state index contributed by atoms with van der Waals surface area (Å²) in [5.41, 5.74) is 0. The molecule has 2 atom stereocenters. The van der Waals surface area contributed by atoms with Gasteiger partial charge in [-0.3, -0.25) is 0 Å². The molecule has 2 N–H and O–H groups in total. The number of amides is 2. The highest BCUT2D eigenvalue weighted by Gasteiger charge is 2.40. The van der Waals surface area contributed by atoms with E-state index >= 15 is 0 Å². The highest BCUT2D eigenvalue weighted by atomic mass is 16.4. The number of rotatable bonds is 3. The van der Waals surface area contributed by atoms with Crippen LogP contribution in [0.3, 0.4) is 0 Å². The normalized spacial score (nSPS) is 24.7. The lowest BCUT2D eigenvalue weighted by atomic mass is 10.1. The second-order valence-corrected chi connectivity index (χ2v) is 5.22. The minimum Gasteiger partial charge on any atom is -0.475 e. The van der Waals surface area contributed by atoms with Crippen molar-refractivity contribution in [3.63, 3.8) is 0 Å². The monoisotopic (exact) mass is 264 g/mol. The summed E-state index contributed by atoms with van der Waals surface area (Å²) in [6.45, 7) is 1.06. The van der Waals surface area contributed by atoms with Crippen LogP contribution in [0.5, 0.6) is 0 Å². The van der Waals surface area contributed by atoms with Gasteiger partial charge in [-0.15, -0.1) is 0 Å². The van der Waals surface area contributed by atoms with E-state index in [0.29, 0.717) is 17.7 Å². The van der Waals surface area contributed by atoms with Crippen molar-refractivity contribution in [1.29, 1.82) is 0 Å². The molecule has 1 aromatic rings. The summed E-state index contributed by atoms with van der Waals surface area (Å²) in [5, 5.41) is 11.5. The molecule has 1 aliphatic carbocycles. The van der Waals surface area contributed by atoms with Crippen molar-refractivity contribution in [3.05, 3.63) is 23.7 Å². The summed E-state index contributed by atoms with van der Waals surface area (Å²) in [6, 6.07) is 3.26. The SMILES string of the molecule is O=C(O)c1ccc(CNC(=O)N2CC3CCC2C3)o1. The highest BCUT2D eigenvalue weighted by molar-refractivity contribution is 5.84. The van der Waals surface area contributed by atoms with Crippen LogP contribution in [-0.2, 0) is 6.54 Å². The van der Waals surface area contributed by atoms with Gasteiger partial charge in [0.1, 0.15) is 5.76 Å². The first-order valence-electron chi connectivity index (χ1n) is 6.50. The highest BCUT2D eigenvalue weighted by Crippen LogP contribution is 2.37. The standard InChI is InChI=1S/C13H16N2O4/c16-12(17)11-4-3-10(19-11)6-14-13(18)15-7-8-1-2-9(15)5-8/h3-4,8-9H,1-2,5-7H2,(H,14,18)(H,16,17). The van der Waals surface area contributed by atoms with Gasteiger partial charge in [0.15, 0.2) is 0 Å². The second-order valence-electron chi connectivity index (χ2n) is 5.22. The number of aromatic carboxylic acids is 1. The maximum absolute atomic E-state index is 12.0. The minimum absolute atomic E-state index is 0.0829. The van der Waals surface area contributed by atoms with E-state index in [1.54, 1.807) is 6.07 Å². The van der Waals surface area contributed by atoms with E-state index in [4.69, 9.17) is 9.52 Å². The maximum Gasteiger partial charge on any atom is 0.371 e. The Morgan fingerprint density at radius 2 is 2.26 bits per heavy atom. The van der Waals surface area contributed by atoms with Gasteiger partial charge in [-0.2, -0.15) is 0 Å². The number of nitrogens with zero attached hydrogens (tertiary/aromatic N) is 1. The molecule has 0 aromatic carbocycles. The molecule has 2 unspecified atom stereocenters. The van der Waals surface area contributed by atoms with Gasteiger partial charge in [-0.05, 0) is 37.3 Å². The number of carbonyl (C=O) groups is 2. The van der Waals surface area contributed by atoms with Crippen molar-refractivity contribution in [2.45, 2.75) is 31.8 Å². The van der Waals surface area contributed by atoms with Crippen LogP contribution in [-0.4, -0.2) is 34.6 Å². The molecule has 2 amide bonds. The summed E-state index contributed by atoms with van der Waals surface area (Å²) in [4.78, 5) is 24.5.